The molecule has 5 heteroatoms. The smallest absolute Gasteiger partial charge is 0.145 e. The Balaban J connectivity index is 1.41. The van der Waals surface area contributed by atoms with E-state index in [0.717, 1.165) is 27.4 Å². The fourth-order valence-electron chi connectivity index (χ4n) is 3.37. The molecule has 1 saturated heterocycles. The van der Waals surface area contributed by atoms with Crippen molar-refractivity contribution in [1.29, 1.82) is 0 Å². The Hall–Kier alpha value is -1.20. The maximum atomic E-state index is 4.66. The first kappa shape index (κ1) is 13.5. The fraction of sp³-hybridized carbons (Fsp3) is 0.500. The van der Waals surface area contributed by atoms with E-state index in [1.807, 2.05) is 24.4 Å². The molecule has 0 atom stereocenters. The SMILES string of the molecule is Brc1ccc2ncc(NC3CC(N4CCCC4)C3)nc2c1. The molecule has 2 fully saturated rings. The first-order valence-corrected chi connectivity index (χ1v) is 8.50. The summed E-state index contributed by atoms with van der Waals surface area (Å²) in [5, 5.41) is 3.53. The zero-order valence-corrected chi connectivity index (χ0v) is 13.5. The van der Waals surface area contributed by atoms with E-state index in [4.69, 9.17) is 0 Å². The van der Waals surface area contributed by atoms with Crippen molar-refractivity contribution in [2.45, 2.75) is 37.8 Å². The third-order valence-electron chi connectivity index (χ3n) is 4.63. The van der Waals surface area contributed by atoms with Gasteiger partial charge in [0.1, 0.15) is 5.82 Å². The summed E-state index contributed by atoms with van der Waals surface area (Å²) in [4.78, 5) is 11.8. The third-order valence-corrected chi connectivity index (χ3v) is 5.12. The van der Waals surface area contributed by atoms with Crippen molar-refractivity contribution in [1.82, 2.24) is 14.9 Å². The zero-order valence-electron chi connectivity index (χ0n) is 11.9. The van der Waals surface area contributed by atoms with E-state index in [9.17, 15) is 0 Å². The molecule has 0 unspecified atom stereocenters. The molecule has 110 valence electrons. The number of likely N-dealkylation sites (tertiary alicyclic amines) is 1. The van der Waals surface area contributed by atoms with Crippen LogP contribution in [0.3, 0.4) is 0 Å². The highest BCUT2D eigenvalue weighted by molar-refractivity contribution is 9.10. The van der Waals surface area contributed by atoms with Crippen LogP contribution in [0.15, 0.2) is 28.9 Å². The summed E-state index contributed by atoms with van der Waals surface area (Å²) < 4.78 is 1.04. The summed E-state index contributed by atoms with van der Waals surface area (Å²) in [6.07, 6.45) is 7.06. The molecule has 1 aliphatic heterocycles. The number of fused-ring (bicyclic) bond motifs is 1. The monoisotopic (exact) mass is 346 g/mol. The predicted molar refractivity (Wildman–Crippen MR) is 88.5 cm³/mol. The second-order valence-corrected chi connectivity index (χ2v) is 7.01. The molecule has 1 aromatic heterocycles. The number of hydrogen-bond acceptors (Lipinski definition) is 4. The average molecular weight is 347 g/mol. The van der Waals surface area contributed by atoms with Crippen molar-refractivity contribution in [2.75, 3.05) is 18.4 Å². The molecule has 2 heterocycles. The molecular weight excluding hydrogens is 328 g/mol. The van der Waals surface area contributed by atoms with Crippen molar-refractivity contribution in [3.8, 4) is 0 Å². The number of nitrogens with zero attached hydrogens (tertiary/aromatic N) is 3. The van der Waals surface area contributed by atoms with Crippen LogP contribution in [0.5, 0.6) is 0 Å². The second kappa shape index (κ2) is 5.54. The Morgan fingerprint density at radius 3 is 2.76 bits per heavy atom. The molecule has 2 aromatic rings. The van der Waals surface area contributed by atoms with E-state index in [-0.39, 0.29) is 0 Å². The van der Waals surface area contributed by atoms with Crippen molar-refractivity contribution < 1.29 is 0 Å². The first-order chi connectivity index (χ1) is 10.3. The van der Waals surface area contributed by atoms with Gasteiger partial charge in [-0.15, -0.1) is 0 Å². The summed E-state index contributed by atoms with van der Waals surface area (Å²) in [6.45, 7) is 2.59. The normalized spacial score (nSPS) is 26.0. The van der Waals surface area contributed by atoms with Crippen LogP contribution in [-0.4, -0.2) is 40.0 Å². The number of benzene rings is 1. The van der Waals surface area contributed by atoms with E-state index in [1.165, 1.54) is 38.8 Å². The summed E-state index contributed by atoms with van der Waals surface area (Å²) in [7, 11) is 0. The van der Waals surface area contributed by atoms with E-state index >= 15 is 0 Å². The van der Waals surface area contributed by atoms with Gasteiger partial charge in [0.25, 0.3) is 0 Å². The molecule has 0 radical (unpaired) electrons. The summed E-state index contributed by atoms with van der Waals surface area (Å²) >= 11 is 3.48. The van der Waals surface area contributed by atoms with Gasteiger partial charge >= 0.3 is 0 Å². The van der Waals surface area contributed by atoms with Crippen molar-refractivity contribution in [3.05, 3.63) is 28.9 Å². The fourth-order valence-corrected chi connectivity index (χ4v) is 3.72. The molecule has 0 spiro atoms. The maximum absolute atomic E-state index is 4.66. The van der Waals surface area contributed by atoms with Crippen LogP contribution < -0.4 is 5.32 Å². The van der Waals surface area contributed by atoms with Crippen LogP contribution in [0, 0.1) is 0 Å². The lowest BCUT2D eigenvalue weighted by molar-refractivity contribution is 0.145. The van der Waals surface area contributed by atoms with Crippen molar-refractivity contribution in [2.24, 2.45) is 0 Å². The van der Waals surface area contributed by atoms with E-state index in [0.29, 0.717) is 6.04 Å². The van der Waals surface area contributed by atoms with Crippen LogP contribution >= 0.6 is 15.9 Å². The number of aromatic nitrogens is 2. The lowest BCUT2D eigenvalue weighted by Crippen LogP contribution is -2.48. The molecule has 0 bridgehead atoms. The van der Waals surface area contributed by atoms with Gasteiger partial charge in [-0.2, -0.15) is 0 Å². The van der Waals surface area contributed by atoms with Crippen LogP contribution in [0.4, 0.5) is 5.82 Å². The highest BCUT2D eigenvalue weighted by Crippen LogP contribution is 2.30. The third kappa shape index (κ3) is 2.77. The maximum Gasteiger partial charge on any atom is 0.145 e. The topological polar surface area (TPSA) is 41.1 Å². The van der Waals surface area contributed by atoms with Gasteiger partial charge in [0, 0.05) is 16.6 Å². The molecule has 1 aromatic carbocycles. The van der Waals surface area contributed by atoms with E-state index in [1.54, 1.807) is 0 Å². The lowest BCUT2D eigenvalue weighted by atomic mass is 9.85. The Bertz CT molecular complexity index is 648. The largest absolute Gasteiger partial charge is 0.366 e. The lowest BCUT2D eigenvalue weighted by Gasteiger charge is -2.41. The molecule has 1 saturated carbocycles. The quantitative estimate of drug-likeness (QED) is 0.924. The first-order valence-electron chi connectivity index (χ1n) is 7.71. The van der Waals surface area contributed by atoms with Gasteiger partial charge in [-0.05, 0) is 57.0 Å². The molecular formula is C16H19BrN4. The van der Waals surface area contributed by atoms with Gasteiger partial charge in [0.15, 0.2) is 0 Å². The molecule has 4 nitrogen and oxygen atoms in total. The Morgan fingerprint density at radius 1 is 1.14 bits per heavy atom. The number of rotatable bonds is 3. The number of anilines is 1. The zero-order chi connectivity index (χ0) is 14.2. The van der Waals surface area contributed by atoms with E-state index in [2.05, 4.69) is 36.1 Å². The number of halogens is 1. The summed E-state index contributed by atoms with van der Waals surface area (Å²) in [5.41, 5.74) is 1.87. The minimum atomic E-state index is 0.550. The number of nitrogens with one attached hydrogen (secondary N) is 1. The predicted octanol–water partition coefficient (Wildman–Crippen LogP) is 3.43. The Kier molecular flexibility index (Phi) is 3.55. The van der Waals surface area contributed by atoms with Gasteiger partial charge in [-0.25, -0.2) is 4.98 Å². The van der Waals surface area contributed by atoms with Gasteiger partial charge in [-0.1, -0.05) is 15.9 Å². The summed E-state index contributed by atoms with van der Waals surface area (Å²) in [6, 6.07) is 7.34. The van der Waals surface area contributed by atoms with Gasteiger partial charge in [0.2, 0.25) is 0 Å². The van der Waals surface area contributed by atoms with E-state index < -0.39 is 0 Å². The van der Waals surface area contributed by atoms with Crippen LogP contribution in [0.1, 0.15) is 25.7 Å². The highest BCUT2D eigenvalue weighted by Gasteiger charge is 2.34. The standard InChI is InChI=1S/C16H19BrN4/c17-11-3-4-14-15(7-11)20-16(10-18-14)19-12-8-13(9-12)21-5-1-2-6-21/h3-4,7,10,12-13H,1-2,5-6,8-9H2,(H,19,20). The van der Waals surface area contributed by atoms with Gasteiger partial charge in [0.05, 0.1) is 17.2 Å². The highest BCUT2D eigenvalue weighted by atomic mass is 79.9. The molecule has 4 rings (SSSR count). The van der Waals surface area contributed by atoms with Crippen LogP contribution in [-0.2, 0) is 0 Å². The van der Waals surface area contributed by atoms with Gasteiger partial charge in [-0.3, -0.25) is 4.98 Å². The van der Waals surface area contributed by atoms with Crippen molar-refractivity contribution >= 4 is 32.8 Å². The minimum Gasteiger partial charge on any atom is -0.366 e. The van der Waals surface area contributed by atoms with Crippen LogP contribution in [0.2, 0.25) is 0 Å². The van der Waals surface area contributed by atoms with Crippen molar-refractivity contribution in [3.63, 3.8) is 0 Å². The van der Waals surface area contributed by atoms with Gasteiger partial charge < -0.3 is 10.2 Å². The molecule has 21 heavy (non-hydrogen) atoms. The second-order valence-electron chi connectivity index (χ2n) is 6.10. The number of hydrogen-bond donors (Lipinski definition) is 1. The molecule has 1 N–H and O–H groups in total. The Morgan fingerprint density at radius 2 is 1.95 bits per heavy atom. The Labute approximate surface area is 133 Å². The van der Waals surface area contributed by atoms with Crippen LogP contribution in [0.25, 0.3) is 11.0 Å². The average Bonchev–Trinajstić information content (AvgIpc) is 2.95. The molecule has 0 amide bonds. The summed E-state index contributed by atoms with van der Waals surface area (Å²) in [5.74, 6) is 0.894. The molecule has 2 aliphatic rings. The molecule has 1 aliphatic carbocycles. The minimum absolute atomic E-state index is 0.550.